The Morgan fingerprint density at radius 2 is 1.28 bits per heavy atom. The highest BCUT2D eigenvalue weighted by Crippen LogP contribution is 2.03. The van der Waals surface area contributed by atoms with Crippen LogP contribution in [0.1, 0.15) is 38.5 Å². The zero-order valence-corrected chi connectivity index (χ0v) is 19.5. The predicted molar refractivity (Wildman–Crippen MR) is 124 cm³/mol. The maximum absolute atomic E-state index is 12.7. The van der Waals surface area contributed by atoms with Gasteiger partial charge in [-0.25, -0.2) is 4.79 Å². The second-order valence-corrected chi connectivity index (χ2v) is 7.70. The molecular formula is C19H34N8O9. The summed E-state index contributed by atoms with van der Waals surface area (Å²) in [5.74, 6) is -6.56. The van der Waals surface area contributed by atoms with E-state index in [1.54, 1.807) is 0 Å². The van der Waals surface area contributed by atoms with Crippen molar-refractivity contribution in [3.63, 3.8) is 0 Å². The molecule has 0 saturated carbocycles. The number of carboxylic acid groups (broad SMARTS) is 2. The first-order chi connectivity index (χ1) is 16.8. The summed E-state index contributed by atoms with van der Waals surface area (Å²) in [4.78, 5) is 74.4. The third kappa shape index (κ3) is 13.7. The third-order valence-corrected chi connectivity index (χ3v) is 4.69. The Hall–Kier alpha value is -3.99. The molecule has 14 N–H and O–H groups in total. The molecule has 0 spiro atoms. The first kappa shape index (κ1) is 32.0. The molecule has 4 amide bonds. The van der Waals surface area contributed by atoms with E-state index in [-0.39, 0.29) is 31.8 Å². The number of nitrogens with zero attached hydrogens (tertiary/aromatic N) is 1. The Balaban J connectivity index is 5.25. The van der Waals surface area contributed by atoms with Crippen molar-refractivity contribution >= 4 is 41.5 Å². The Morgan fingerprint density at radius 1 is 0.750 bits per heavy atom. The topological polar surface area (TPSA) is 316 Å². The number of nitrogens with two attached hydrogens (primary N) is 4. The molecule has 0 aliphatic rings. The van der Waals surface area contributed by atoms with Gasteiger partial charge in [-0.2, -0.15) is 0 Å². The average Bonchev–Trinajstić information content (AvgIpc) is 2.79. The van der Waals surface area contributed by atoms with Crippen molar-refractivity contribution in [1.82, 2.24) is 16.0 Å². The molecule has 0 aromatic rings. The van der Waals surface area contributed by atoms with Crippen molar-refractivity contribution in [1.29, 1.82) is 0 Å². The van der Waals surface area contributed by atoms with Gasteiger partial charge < -0.3 is 54.2 Å². The van der Waals surface area contributed by atoms with E-state index in [9.17, 15) is 33.9 Å². The van der Waals surface area contributed by atoms with Crippen molar-refractivity contribution in [3.05, 3.63) is 0 Å². The maximum Gasteiger partial charge on any atom is 0.326 e. The van der Waals surface area contributed by atoms with Crippen molar-refractivity contribution in [3.8, 4) is 0 Å². The number of rotatable bonds is 18. The van der Waals surface area contributed by atoms with Gasteiger partial charge in [0.2, 0.25) is 23.6 Å². The van der Waals surface area contributed by atoms with Crippen LogP contribution in [0, 0.1) is 0 Å². The van der Waals surface area contributed by atoms with E-state index >= 15 is 0 Å². The van der Waals surface area contributed by atoms with Crippen LogP contribution in [0.3, 0.4) is 0 Å². The van der Waals surface area contributed by atoms with Crippen LogP contribution >= 0.6 is 0 Å². The highest BCUT2D eigenvalue weighted by atomic mass is 16.4. The molecule has 0 rings (SSSR count). The first-order valence-corrected chi connectivity index (χ1v) is 10.8. The fourth-order valence-electron chi connectivity index (χ4n) is 2.75. The van der Waals surface area contributed by atoms with E-state index in [2.05, 4.69) is 15.6 Å². The van der Waals surface area contributed by atoms with Gasteiger partial charge in [-0.3, -0.25) is 29.0 Å². The van der Waals surface area contributed by atoms with E-state index in [0.29, 0.717) is 6.42 Å². The van der Waals surface area contributed by atoms with Gasteiger partial charge in [0, 0.05) is 19.4 Å². The van der Waals surface area contributed by atoms with Crippen molar-refractivity contribution < 1.29 is 44.1 Å². The quantitative estimate of drug-likeness (QED) is 0.0463. The number of aliphatic imine (C=N–C) groups is 1. The lowest BCUT2D eigenvalue weighted by molar-refractivity contribution is -0.143. The lowest BCUT2D eigenvalue weighted by atomic mass is 10.1. The zero-order chi connectivity index (χ0) is 27.8. The van der Waals surface area contributed by atoms with Gasteiger partial charge >= 0.3 is 11.9 Å². The van der Waals surface area contributed by atoms with E-state index in [0.717, 1.165) is 0 Å². The first-order valence-electron chi connectivity index (χ1n) is 10.8. The number of aliphatic hydroxyl groups is 1. The molecule has 17 heteroatoms. The summed E-state index contributed by atoms with van der Waals surface area (Å²) in [6.45, 7) is -0.740. The number of carboxylic acids is 2. The summed E-state index contributed by atoms with van der Waals surface area (Å²) in [7, 11) is 0. The van der Waals surface area contributed by atoms with Crippen LogP contribution in [-0.2, 0) is 28.8 Å². The summed E-state index contributed by atoms with van der Waals surface area (Å²) in [6, 6.07) is -5.68. The molecule has 0 radical (unpaired) electrons. The van der Waals surface area contributed by atoms with Crippen LogP contribution in [0.15, 0.2) is 4.99 Å². The van der Waals surface area contributed by atoms with Gasteiger partial charge in [0.25, 0.3) is 0 Å². The van der Waals surface area contributed by atoms with E-state index in [1.165, 1.54) is 0 Å². The third-order valence-electron chi connectivity index (χ3n) is 4.69. The van der Waals surface area contributed by atoms with Gasteiger partial charge in [-0.1, -0.05) is 0 Å². The molecule has 4 atom stereocenters. The number of carbonyl (C=O) groups is 6. The molecule has 204 valence electrons. The summed E-state index contributed by atoms with van der Waals surface area (Å²) in [6.07, 6.45) is -1.07. The Bertz CT molecular complexity index is 832. The standard InChI is InChI=1S/C19H34N8O9/c20-9(2-1-7-24-19(22)23)15(32)25-10(3-5-13(21)29)16(33)27-12(8-28)17(34)26-11(18(35)36)4-6-14(30)31/h9-12,28H,1-8,20H2,(H2,21,29)(H,25,32)(H,26,34)(H,27,33)(H,30,31)(H,35,36)(H4,22,23,24). The SMILES string of the molecule is NC(=O)CCC(NC(=O)C(N)CCCN=C(N)N)C(=O)NC(CO)C(=O)NC(CCC(=O)O)C(=O)O. The molecule has 4 unspecified atom stereocenters. The van der Waals surface area contributed by atoms with Crippen molar-refractivity contribution in [2.75, 3.05) is 13.2 Å². The van der Waals surface area contributed by atoms with Gasteiger partial charge in [-0.15, -0.1) is 0 Å². The fourth-order valence-corrected chi connectivity index (χ4v) is 2.75. The molecule has 17 nitrogen and oxygen atoms in total. The molecule has 36 heavy (non-hydrogen) atoms. The van der Waals surface area contributed by atoms with Crippen LogP contribution in [0.2, 0.25) is 0 Å². The molecule has 0 aliphatic carbocycles. The lowest BCUT2D eigenvalue weighted by Gasteiger charge is -2.24. The predicted octanol–water partition coefficient (Wildman–Crippen LogP) is -4.97. The minimum Gasteiger partial charge on any atom is -0.481 e. The number of aliphatic hydroxyl groups excluding tert-OH is 1. The van der Waals surface area contributed by atoms with Gasteiger partial charge in [0.15, 0.2) is 5.96 Å². The largest absolute Gasteiger partial charge is 0.481 e. The van der Waals surface area contributed by atoms with Crippen LogP contribution in [0.25, 0.3) is 0 Å². The number of carbonyl (C=O) groups excluding carboxylic acids is 4. The Labute approximate surface area is 206 Å². The average molecular weight is 519 g/mol. The van der Waals surface area contributed by atoms with Crippen LogP contribution in [0.5, 0.6) is 0 Å². The normalized spacial score (nSPS) is 13.8. The van der Waals surface area contributed by atoms with Gasteiger partial charge in [0.1, 0.15) is 18.1 Å². The summed E-state index contributed by atoms with van der Waals surface area (Å²) >= 11 is 0. The molecule has 0 aromatic carbocycles. The molecule has 0 saturated heterocycles. The molecule has 0 heterocycles. The van der Waals surface area contributed by atoms with E-state index in [4.69, 9.17) is 33.1 Å². The smallest absolute Gasteiger partial charge is 0.326 e. The van der Waals surface area contributed by atoms with Crippen molar-refractivity contribution in [2.24, 2.45) is 27.9 Å². The second-order valence-electron chi connectivity index (χ2n) is 7.70. The minimum absolute atomic E-state index is 0.129. The van der Waals surface area contributed by atoms with Crippen molar-refractivity contribution in [2.45, 2.75) is 62.7 Å². The second kappa shape index (κ2) is 16.6. The molecule has 0 bridgehead atoms. The van der Waals surface area contributed by atoms with Gasteiger partial charge in [0.05, 0.1) is 12.6 Å². The zero-order valence-electron chi connectivity index (χ0n) is 19.5. The number of amides is 4. The number of primary amides is 1. The summed E-state index contributed by atoms with van der Waals surface area (Å²) in [5.41, 5.74) is 21.3. The monoisotopic (exact) mass is 518 g/mol. The highest BCUT2D eigenvalue weighted by molar-refractivity contribution is 5.94. The van der Waals surface area contributed by atoms with Gasteiger partial charge in [-0.05, 0) is 25.7 Å². The molecule has 0 aliphatic heterocycles. The molecule has 0 aromatic heterocycles. The number of guanidine groups is 1. The molecule has 0 fully saturated rings. The number of aliphatic carboxylic acids is 2. The lowest BCUT2D eigenvalue weighted by Crippen LogP contribution is -2.58. The van der Waals surface area contributed by atoms with E-state index < -0.39 is 79.2 Å². The highest BCUT2D eigenvalue weighted by Gasteiger charge is 2.30. The Kier molecular flexibility index (Phi) is 14.8. The molecular weight excluding hydrogens is 484 g/mol. The Morgan fingerprint density at radius 3 is 1.78 bits per heavy atom. The number of hydrogen-bond acceptors (Lipinski definition) is 9. The number of hydrogen-bond donors (Lipinski definition) is 10. The van der Waals surface area contributed by atoms with Crippen LogP contribution < -0.4 is 38.9 Å². The minimum atomic E-state index is -1.65. The van der Waals surface area contributed by atoms with E-state index in [1.807, 2.05) is 5.32 Å². The summed E-state index contributed by atoms with van der Waals surface area (Å²) < 4.78 is 0. The van der Waals surface area contributed by atoms with Crippen LogP contribution in [-0.4, -0.2) is 94.2 Å². The van der Waals surface area contributed by atoms with Crippen LogP contribution in [0.4, 0.5) is 0 Å². The fraction of sp³-hybridized carbons (Fsp3) is 0.632. The maximum atomic E-state index is 12.7. The summed E-state index contributed by atoms with van der Waals surface area (Å²) in [5, 5.41) is 33.9. The number of nitrogens with one attached hydrogen (secondary N) is 3.